The maximum absolute atomic E-state index is 6.06. The summed E-state index contributed by atoms with van der Waals surface area (Å²) < 4.78 is 0.939. The van der Waals surface area contributed by atoms with Gasteiger partial charge in [0.05, 0.1) is 5.02 Å². The van der Waals surface area contributed by atoms with Gasteiger partial charge in [-0.25, -0.2) is 0 Å². The Morgan fingerprint density at radius 1 is 1.47 bits per heavy atom. The van der Waals surface area contributed by atoms with Crippen molar-refractivity contribution < 1.29 is 0 Å². The van der Waals surface area contributed by atoms with Gasteiger partial charge in [-0.3, -0.25) is 0 Å². The van der Waals surface area contributed by atoms with Crippen molar-refractivity contribution in [2.24, 2.45) is 5.73 Å². The molecule has 15 heavy (non-hydrogen) atoms. The first kappa shape index (κ1) is 11.2. The van der Waals surface area contributed by atoms with E-state index < -0.39 is 0 Å². The van der Waals surface area contributed by atoms with E-state index in [9.17, 15) is 0 Å². The lowest BCUT2D eigenvalue weighted by molar-refractivity contribution is 0.506. The zero-order valence-electron chi connectivity index (χ0n) is 8.42. The third kappa shape index (κ3) is 2.65. The van der Waals surface area contributed by atoms with Gasteiger partial charge in [0.15, 0.2) is 0 Å². The van der Waals surface area contributed by atoms with E-state index in [-0.39, 0.29) is 0 Å². The van der Waals surface area contributed by atoms with E-state index in [0.717, 1.165) is 35.4 Å². The Hall–Kier alpha value is -0.250. The van der Waals surface area contributed by atoms with Gasteiger partial charge in [-0.1, -0.05) is 11.6 Å². The smallest absolute Gasteiger partial charge is 0.0568 e. The molecule has 0 aliphatic carbocycles. The Morgan fingerprint density at radius 2 is 2.27 bits per heavy atom. The van der Waals surface area contributed by atoms with Crippen LogP contribution in [0, 0.1) is 0 Å². The Bertz CT molecular complexity index is 356. The highest BCUT2D eigenvalue weighted by atomic mass is 79.9. The number of hydrogen-bond donors (Lipinski definition) is 1. The normalized spacial score (nSPS) is 21.8. The molecule has 0 saturated carbocycles. The molecule has 1 unspecified atom stereocenters. The summed E-state index contributed by atoms with van der Waals surface area (Å²) in [5, 5.41) is 0.756. The first-order valence-electron chi connectivity index (χ1n) is 5.12. The lowest BCUT2D eigenvalue weighted by Gasteiger charge is -2.32. The number of anilines is 1. The Morgan fingerprint density at radius 3 is 2.93 bits per heavy atom. The predicted octanol–water partition coefficient (Wildman–Crippen LogP) is 3.03. The number of benzene rings is 1. The fourth-order valence-corrected chi connectivity index (χ4v) is 2.35. The SMILES string of the molecule is NC1CCCN(c2ccc(Br)c(Cl)c2)C1. The van der Waals surface area contributed by atoms with Crippen molar-refractivity contribution in [2.75, 3.05) is 18.0 Å². The van der Waals surface area contributed by atoms with Gasteiger partial charge in [0.1, 0.15) is 0 Å². The molecule has 2 nitrogen and oxygen atoms in total. The monoisotopic (exact) mass is 288 g/mol. The predicted molar refractivity (Wildman–Crippen MR) is 68.6 cm³/mol. The molecule has 0 aromatic heterocycles. The van der Waals surface area contributed by atoms with Crippen LogP contribution in [0.4, 0.5) is 5.69 Å². The molecule has 4 heteroatoms. The zero-order valence-corrected chi connectivity index (χ0v) is 10.8. The van der Waals surface area contributed by atoms with Crippen LogP contribution in [-0.4, -0.2) is 19.1 Å². The van der Waals surface area contributed by atoms with Crippen molar-refractivity contribution in [2.45, 2.75) is 18.9 Å². The van der Waals surface area contributed by atoms with Crippen molar-refractivity contribution in [3.05, 3.63) is 27.7 Å². The summed E-state index contributed by atoms with van der Waals surface area (Å²) in [6.45, 7) is 2.00. The number of rotatable bonds is 1. The molecular formula is C11H14BrClN2. The van der Waals surface area contributed by atoms with Crippen molar-refractivity contribution in [3.63, 3.8) is 0 Å². The van der Waals surface area contributed by atoms with Gasteiger partial charge in [-0.2, -0.15) is 0 Å². The first-order chi connectivity index (χ1) is 7.16. The van der Waals surface area contributed by atoms with Gasteiger partial charge in [0.2, 0.25) is 0 Å². The largest absolute Gasteiger partial charge is 0.370 e. The second kappa shape index (κ2) is 4.73. The molecule has 0 bridgehead atoms. The van der Waals surface area contributed by atoms with Crippen LogP contribution < -0.4 is 10.6 Å². The van der Waals surface area contributed by atoms with E-state index in [1.165, 1.54) is 5.69 Å². The summed E-state index contributed by atoms with van der Waals surface area (Å²) in [4.78, 5) is 2.30. The molecule has 1 aliphatic rings. The van der Waals surface area contributed by atoms with Crippen LogP contribution in [0.25, 0.3) is 0 Å². The third-order valence-corrected chi connectivity index (χ3v) is 3.96. The molecule has 0 amide bonds. The molecule has 0 radical (unpaired) electrons. The fraction of sp³-hybridized carbons (Fsp3) is 0.455. The molecule has 1 aliphatic heterocycles. The van der Waals surface area contributed by atoms with E-state index in [0.29, 0.717) is 6.04 Å². The summed E-state index contributed by atoms with van der Waals surface area (Å²) in [5.41, 5.74) is 7.11. The second-order valence-corrected chi connectivity index (χ2v) is 5.21. The molecule has 1 atom stereocenters. The van der Waals surface area contributed by atoms with E-state index in [1.807, 2.05) is 12.1 Å². The molecule has 1 heterocycles. The quantitative estimate of drug-likeness (QED) is 0.861. The molecule has 1 aromatic carbocycles. The maximum Gasteiger partial charge on any atom is 0.0568 e. The van der Waals surface area contributed by atoms with Gasteiger partial charge in [-0.05, 0) is 47.0 Å². The van der Waals surface area contributed by atoms with Crippen molar-refractivity contribution in [1.29, 1.82) is 0 Å². The molecule has 1 saturated heterocycles. The maximum atomic E-state index is 6.06. The van der Waals surface area contributed by atoms with E-state index in [1.54, 1.807) is 0 Å². The van der Waals surface area contributed by atoms with Gasteiger partial charge in [0, 0.05) is 29.3 Å². The minimum Gasteiger partial charge on any atom is -0.370 e. The summed E-state index contributed by atoms with van der Waals surface area (Å²) in [6.07, 6.45) is 2.29. The molecule has 82 valence electrons. The Balaban J connectivity index is 2.18. The highest BCUT2D eigenvalue weighted by molar-refractivity contribution is 9.10. The molecule has 2 N–H and O–H groups in total. The number of nitrogens with zero attached hydrogens (tertiary/aromatic N) is 1. The fourth-order valence-electron chi connectivity index (χ4n) is 1.93. The zero-order chi connectivity index (χ0) is 10.8. The summed E-state index contributed by atoms with van der Waals surface area (Å²) in [6, 6.07) is 6.34. The summed E-state index contributed by atoms with van der Waals surface area (Å²) >= 11 is 9.45. The van der Waals surface area contributed by atoms with Crippen molar-refractivity contribution in [1.82, 2.24) is 0 Å². The van der Waals surface area contributed by atoms with Gasteiger partial charge in [0.25, 0.3) is 0 Å². The van der Waals surface area contributed by atoms with Gasteiger partial charge >= 0.3 is 0 Å². The minimum atomic E-state index is 0.293. The number of hydrogen-bond acceptors (Lipinski definition) is 2. The molecular weight excluding hydrogens is 275 g/mol. The number of halogens is 2. The van der Waals surface area contributed by atoms with Crippen molar-refractivity contribution in [3.8, 4) is 0 Å². The first-order valence-corrected chi connectivity index (χ1v) is 6.29. The summed E-state index contributed by atoms with van der Waals surface area (Å²) in [5.74, 6) is 0. The highest BCUT2D eigenvalue weighted by Gasteiger charge is 2.17. The van der Waals surface area contributed by atoms with Crippen molar-refractivity contribution >= 4 is 33.2 Å². The highest BCUT2D eigenvalue weighted by Crippen LogP contribution is 2.28. The van der Waals surface area contributed by atoms with Crippen LogP contribution in [0.3, 0.4) is 0 Å². The van der Waals surface area contributed by atoms with Crippen LogP contribution in [0.15, 0.2) is 22.7 Å². The summed E-state index contributed by atoms with van der Waals surface area (Å²) in [7, 11) is 0. The van der Waals surface area contributed by atoms with Crippen LogP contribution >= 0.6 is 27.5 Å². The topological polar surface area (TPSA) is 29.3 Å². The lowest BCUT2D eigenvalue weighted by Crippen LogP contribution is -2.42. The van der Waals surface area contributed by atoms with E-state index in [2.05, 4.69) is 26.9 Å². The van der Waals surface area contributed by atoms with E-state index >= 15 is 0 Å². The third-order valence-electron chi connectivity index (χ3n) is 2.73. The average Bonchev–Trinajstić information content (AvgIpc) is 2.22. The van der Waals surface area contributed by atoms with Gasteiger partial charge < -0.3 is 10.6 Å². The number of piperidine rings is 1. The average molecular weight is 290 g/mol. The minimum absolute atomic E-state index is 0.293. The molecule has 2 rings (SSSR count). The Labute approximate surface area is 104 Å². The lowest BCUT2D eigenvalue weighted by atomic mass is 10.1. The standard InChI is InChI=1S/C11H14BrClN2/c12-10-4-3-9(6-11(10)13)15-5-1-2-8(14)7-15/h3-4,6,8H,1-2,5,7,14H2. The molecule has 1 aromatic rings. The molecule has 1 fully saturated rings. The number of nitrogens with two attached hydrogens (primary N) is 1. The second-order valence-electron chi connectivity index (χ2n) is 3.95. The van der Waals surface area contributed by atoms with Crippen LogP contribution in [-0.2, 0) is 0 Å². The Kier molecular flexibility index (Phi) is 3.54. The van der Waals surface area contributed by atoms with Gasteiger partial charge in [-0.15, -0.1) is 0 Å². The molecule has 0 spiro atoms. The van der Waals surface area contributed by atoms with E-state index in [4.69, 9.17) is 17.3 Å². The van der Waals surface area contributed by atoms with Crippen LogP contribution in [0.5, 0.6) is 0 Å². The van der Waals surface area contributed by atoms with Crippen LogP contribution in [0.2, 0.25) is 5.02 Å². The van der Waals surface area contributed by atoms with Crippen LogP contribution in [0.1, 0.15) is 12.8 Å².